The van der Waals surface area contributed by atoms with Gasteiger partial charge in [0.2, 0.25) is 0 Å². The first kappa shape index (κ1) is 13.2. The van der Waals surface area contributed by atoms with Crippen LogP contribution >= 0.6 is 0 Å². The first-order valence-corrected chi connectivity index (χ1v) is 5.69. The van der Waals surface area contributed by atoms with Gasteiger partial charge in [0, 0.05) is 18.7 Å². The zero-order chi connectivity index (χ0) is 12.0. The third-order valence-corrected chi connectivity index (χ3v) is 2.40. The summed E-state index contributed by atoms with van der Waals surface area (Å²) in [4.78, 5) is 2.17. The number of furan rings is 1. The van der Waals surface area contributed by atoms with Crippen LogP contribution in [0.25, 0.3) is 0 Å². The van der Waals surface area contributed by atoms with Crippen molar-refractivity contribution in [3.8, 4) is 0 Å². The van der Waals surface area contributed by atoms with Gasteiger partial charge in [0.1, 0.15) is 5.76 Å². The van der Waals surface area contributed by atoms with Gasteiger partial charge in [-0.15, -0.1) is 0 Å². The summed E-state index contributed by atoms with van der Waals surface area (Å²) < 4.78 is 10.9. The van der Waals surface area contributed by atoms with Crippen molar-refractivity contribution in [1.29, 1.82) is 0 Å². The van der Waals surface area contributed by atoms with Crippen LogP contribution < -0.4 is 5.73 Å². The summed E-state index contributed by atoms with van der Waals surface area (Å²) in [6, 6.07) is 1.92. The lowest BCUT2D eigenvalue weighted by molar-refractivity contribution is 0.0616. The minimum absolute atomic E-state index is 0.289. The molecule has 0 saturated heterocycles. The maximum Gasteiger partial charge on any atom is 0.122 e. The smallest absolute Gasteiger partial charge is 0.122 e. The molecular weight excluding hydrogens is 204 g/mol. The molecule has 0 spiro atoms. The van der Waals surface area contributed by atoms with Crippen LogP contribution in [0.15, 0.2) is 16.7 Å². The summed E-state index contributed by atoms with van der Waals surface area (Å²) >= 11 is 0. The topological polar surface area (TPSA) is 51.6 Å². The summed E-state index contributed by atoms with van der Waals surface area (Å²) in [6.07, 6.45) is 1.98. The third kappa shape index (κ3) is 4.35. The summed E-state index contributed by atoms with van der Waals surface area (Å²) in [5.41, 5.74) is 6.69. The molecule has 4 heteroatoms. The predicted octanol–water partition coefficient (Wildman–Crippen LogP) is 1.60. The van der Waals surface area contributed by atoms with E-state index < -0.39 is 0 Å². The zero-order valence-corrected chi connectivity index (χ0v) is 10.4. The summed E-state index contributed by atoms with van der Waals surface area (Å²) in [5.74, 6) is 0.953. The van der Waals surface area contributed by atoms with Crippen LogP contribution in [0.1, 0.15) is 25.2 Å². The molecule has 1 aromatic rings. The summed E-state index contributed by atoms with van der Waals surface area (Å²) in [6.45, 7) is 7.02. The molecule has 0 aromatic carbocycles. The van der Waals surface area contributed by atoms with E-state index in [-0.39, 0.29) is 6.10 Å². The molecule has 0 saturated carbocycles. The Kier molecular flexibility index (Phi) is 5.52. The molecule has 16 heavy (non-hydrogen) atoms. The average molecular weight is 226 g/mol. The van der Waals surface area contributed by atoms with Crippen molar-refractivity contribution in [1.82, 2.24) is 4.90 Å². The van der Waals surface area contributed by atoms with E-state index >= 15 is 0 Å². The number of likely N-dealkylation sites (N-methyl/N-ethyl adjacent to an activating group) is 1. The van der Waals surface area contributed by atoms with E-state index in [9.17, 15) is 0 Å². The van der Waals surface area contributed by atoms with Crippen molar-refractivity contribution in [3.05, 3.63) is 23.7 Å². The fourth-order valence-corrected chi connectivity index (χ4v) is 1.46. The van der Waals surface area contributed by atoms with Crippen molar-refractivity contribution < 1.29 is 9.15 Å². The van der Waals surface area contributed by atoms with Gasteiger partial charge in [-0.2, -0.15) is 0 Å². The van der Waals surface area contributed by atoms with E-state index in [0.717, 1.165) is 31.0 Å². The largest absolute Gasteiger partial charge is 0.468 e. The highest BCUT2D eigenvalue weighted by atomic mass is 16.5. The van der Waals surface area contributed by atoms with Crippen molar-refractivity contribution >= 4 is 0 Å². The first-order valence-electron chi connectivity index (χ1n) is 5.69. The second-order valence-corrected chi connectivity index (χ2v) is 4.23. The van der Waals surface area contributed by atoms with Gasteiger partial charge in [-0.1, -0.05) is 0 Å². The quantitative estimate of drug-likeness (QED) is 0.767. The highest BCUT2D eigenvalue weighted by molar-refractivity contribution is 5.16. The Morgan fingerprint density at radius 3 is 2.88 bits per heavy atom. The average Bonchev–Trinajstić information content (AvgIpc) is 2.64. The minimum Gasteiger partial charge on any atom is -0.468 e. The monoisotopic (exact) mass is 226 g/mol. The van der Waals surface area contributed by atoms with Gasteiger partial charge in [-0.05, 0) is 27.0 Å². The van der Waals surface area contributed by atoms with Crippen LogP contribution in [0, 0.1) is 0 Å². The first-order chi connectivity index (χ1) is 7.63. The molecule has 0 fully saturated rings. The van der Waals surface area contributed by atoms with Crippen molar-refractivity contribution in [2.45, 2.75) is 33.0 Å². The van der Waals surface area contributed by atoms with Crippen LogP contribution in [0.3, 0.4) is 0 Å². The SMILES string of the molecule is CC(C)OCCN(C)Cc1occc1CN. The molecule has 0 unspecified atom stereocenters. The molecule has 0 bridgehead atoms. The summed E-state index contributed by atoms with van der Waals surface area (Å²) in [7, 11) is 2.05. The van der Waals surface area contributed by atoms with Gasteiger partial charge >= 0.3 is 0 Å². The molecule has 1 heterocycles. The number of hydrogen-bond acceptors (Lipinski definition) is 4. The molecule has 0 atom stereocenters. The molecule has 0 amide bonds. The van der Waals surface area contributed by atoms with Crippen LogP contribution in [0.5, 0.6) is 0 Å². The lowest BCUT2D eigenvalue weighted by atomic mass is 10.2. The van der Waals surface area contributed by atoms with E-state index in [1.165, 1.54) is 0 Å². The van der Waals surface area contributed by atoms with Gasteiger partial charge in [0.15, 0.2) is 0 Å². The lowest BCUT2D eigenvalue weighted by Gasteiger charge is -2.16. The van der Waals surface area contributed by atoms with Crippen LogP contribution in [-0.2, 0) is 17.8 Å². The zero-order valence-electron chi connectivity index (χ0n) is 10.4. The highest BCUT2D eigenvalue weighted by Gasteiger charge is 2.08. The number of nitrogens with zero attached hydrogens (tertiary/aromatic N) is 1. The van der Waals surface area contributed by atoms with E-state index in [0.29, 0.717) is 6.54 Å². The Balaban J connectivity index is 2.31. The third-order valence-electron chi connectivity index (χ3n) is 2.40. The summed E-state index contributed by atoms with van der Waals surface area (Å²) in [5, 5.41) is 0. The molecular formula is C12H22N2O2. The molecule has 0 aliphatic carbocycles. The molecule has 0 aliphatic heterocycles. The molecule has 0 aliphatic rings. The Morgan fingerprint density at radius 2 is 2.25 bits per heavy atom. The standard InChI is InChI=1S/C12H22N2O2/c1-10(2)15-7-5-14(3)9-12-11(8-13)4-6-16-12/h4,6,10H,5,7-9,13H2,1-3H3. The number of ether oxygens (including phenoxy) is 1. The maximum atomic E-state index is 5.61. The second kappa shape index (κ2) is 6.68. The molecule has 92 valence electrons. The van der Waals surface area contributed by atoms with Crippen molar-refractivity contribution in [2.75, 3.05) is 20.2 Å². The predicted molar refractivity (Wildman–Crippen MR) is 64.0 cm³/mol. The normalized spacial score (nSPS) is 11.6. The molecule has 1 rings (SSSR count). The Hall–Kier alpha value is -0.840. The molecule has 1 aromatic heterocycles. The second-order valence-electron chi connectivity index (χ2n) is 4.23. The van der Waals surface area contributed by atoms with E-state index in [1.54, 1.807) is 6.26 Å². The van der Waals surface area contributed by atoms with Crippen molar-refractivity contribution in [3.63, 3.8) is 0 Å². The van der Waals surface area contributed by atoms with Gasteiger partial charge in [0.25, 0.3) is 0 Å². The van der Waals surface area contributed by atoms with Crippen LogP contribution in [-0.4, -0.2) is 31.2 Å². The van der Waals surface area contributed by atoms with Gasteiger partial charge in [-0.25, -0.2) is 0 Å². The fraction of sp³-hybridized carbons (Fsp3) is 0.667. The minimum atomic E-state index is 0.289. The van der Waals surface area contributed by atoms with Gasteiger partial charge in [-0.3, -0.25) is 4.90 Å². The van der Waals surface area contributed by atoms with E-state index in [2.05, 4.69) is 4.90 Å². The van der Waals surface area contributed by atoms with E-state index in [1.807, 2.05) is 27.0 Å². The Labute approximate surface area is 97.4 Å². The Morgan fingerprint density at radius 1 is 1.50 bits per heavy atom. The number of nitrogens with two attached hydrogens (primary N) is 1. The van der Waals surface area contributed by atoms with Gasteiger partial charge in [0.05, 0.1) is 25.5 Å². The van der Waals surface area contributed by atoms with Crippen LogP contribution in [0.4, 0.5) is 0 Å². The Bertz CT molecular complexity index is 297. The fourth-order valence-electron chi connectivity index (χ4n) is 1.46. The van der Waals surface area contributed by atoms with Crippen molar-refractivity contribution in [2.24, 2.45) is 5.73 Å². The maximum absolute atomic E-state index is 5.61. The number of rotatable bonds is 7. The molecule has 4 nitrogen and oxygen atoms in total. The molecule has 0 radical (unpaired) electrons. The van der Waals surface area contributed by atoms with E-state index in [4.69, 9.17) is 14.9 Å². The molecule has 2 N–H and O–H groups in total. The highest BCUT2D eigenvalue weighted by Crippen LogP contribution is 2.11. The van der Waals surface area contributed by atoms with Gasteiger partial charge < -0.3 is 14.9 Å². The van der Waals surface area contributed by atoms with Crippen LogP contribution in [0.2, 0.25) is 0 Å². The lowest BCUT2D eigenvalue weighted by Crippen LogP contribution is -2.24. The number of hydrogen-bond donors (Lipinski definition) is 1.